The van der Waals surface area contributed by atoms with E-state index < -0.39 is 36.8 Å². The quantitative estimate of drug-likeness (QED) is 0.585. The Morgan fingerprint density at radius 3 is 2.80 bits per heavy atom. The second-order valence-electron chi connectivity index (χ2n) is 4.32. The molecule has 0 saturated carbocycles. The second-order valence-corrected chi connectivity index (χ2v) is 4.32. The predicted molar refractivity (Wildman–Crippen MR) is 67.3 cm³/mol. The Balaban J connectivity index is 2.42. The van der Waals surface area contributed by atoms with Gasteiger partial charge in [0.25, 0.3) is 0 Å². The summed E-state index contributed by atoms with van der Waals surface area (Å²) in [4.78, 5) is 15.5. The Morgan fingerprint density at radius 1 is 1.55 bits per heavy atom. The van der Waals surface area contributed by atoms with E-state index in [2.05, 4.69) is 4.98 Å². The number of ether oxygens (including phenoxy) is 3. The van der Waals surface area contributed by atoms with Gasteiger partial charge in [-0.1, -0.05) is 0 Å². The molecule has 1 aromatic heterocycles. The molecule has 1 unspecified atom stereocenters. The van der Waals surface area contributed by atoms with Gasteiger partial charge in [-0.2, -0.15) is 4.98 Å². The van der Waals surface area contributed by atoms with Crippen LogP contribution in [0.25, 0.3) is 0 Å². The molecule has 2 heterocycles. The van der Waals surface area contributed by atoms with E-state index in [9.17, 15) is 9.90 Å². The standard InChI is InChI=1S/C11H17N3O6/c1-18-5-3-14(11(17)13-9(5)12)10-8(19-2)7(16)6(4-15)20-10/h3,6-8,10,15-16H,4H2,1-2H3,(H2,12,13,17)/t6-,7?,8+,10-/m1/s1. The summed E-state index contributed by atoms with van der Waals surface area (Å²) in [7, 11) is 2.76. The first-order chi connectivity index (χ1) is 9.53. The van der Waals surface area contributed by atoms with Crippen molar-refractivity contribution in [2.24, 2.45) is 0 Å². The molecule has 0 aromatic carbocycles. The Labute approximate surface area is 114 Å². The van der Waals surface area contributed by atoms with E-state index in [4.69, 9.17) is 25.1 Å². The topological polar surface area (TPSA) is 129 Å². The monoisotopic (exact) mass is 287 g/mol. The Kier molecular flexibility index (Phi) is 4.23. The molecule has 9 nitrogen and oxygen atoms in total. The fourth-order valence-corrected chi connectivity index (χ4v) is 2.15. The number of aliphatic hydroxyl groups is 2. The summed E-state index contributed by atoms with van der Waals surface area (Å²) in [6.45, 7) is -0.397. The van der Waals surface area contributed by atoms with Crippen LogP contribution in [0.5, 0.6) is 5.75 Å². The molecule has 9 heteroatoms. The van der Waals surface area contributed by atoms with Crippen LogP contribution in [0.2, 0.25) is 0 Å². The summed E-state index contributed by atoms with van der Waals surface area (Å²) in [6.07, 6.45) is -2.33. The lowest BCUT2D eigenvalue weighted by atomic mass is 10.1. The smallest absolute Gasteiger partial charge is 0.351 e. The summed E-state index contributed by atoms with van der Waals surface area (Å²) >= 11 is 0. The van der Waals surface area contributed by atoms with Gasteiger partial charge in [0.1, 0.15) is 18.3 Å². The van der Waals surface area contributed by atoms with E-state index in [0.717, 1.165) is 4.57 Å². The number of anilines is 1. The van der Waals surface area contributed by atoms with Gasteiger partial charge in [-0.25, -0.2) is 4.79 Å². The van der Waals surface area contributed by atoms with Gasteiger partial charge >= 0.3 is 5.69 Å². The zero-order chi connectivity index (χ0) is 14.9. The number of nitrogens with zero attached hydrogens (tertiary/aromatic N) is 2. The van der Waals surface area contributed by atoms with Crippen LogP contribution in [0, 0.1) is 0 Å². The summed E-state index contributed by atoms with van der Waals surface area (Å²) in [5, 5.41) is 19.1. The van der Waals surface area contributed by atoms with E-state index in [0.29, 0.717) is 0 Å². The highest BCUT2D eigenvalue weighted by molar-refractivity contribution is 5.43. The number of hydrogen-bond acceptors (Lipinski definition) is 8. The van der Waals surface area contributed by atoms with E-state index in [1.807, 2.05) is 0 Å². The molecule has 1 aliphatic rings. The van der Waals surface area contributed by atoms with Crippen LogP contribution in [0.4, 0.5) is 5.82 Å². The molecule has 112 valence electrons. The van der Waals surface area contributed by atoms with E-state index >= 15 is 0 Å². The first-order valence-electron chi connectivity index (χ1n) is 5.93. The number of aromatic nitrogens is 2. The Morgan fingerprint density at radius 2 is 2.25 bits per heavy atom. The molecule has 0 aliphatic carbocycles. The van der Waals surface area contributed by atoms with Crippen LogP contribution in [0.3, 0.4) is 0 Å². The van der Waals surface area contributed by atoms with E-state index in [1.54, 1.807) is 0 Å². The lowest BCUT2D eigenvalue weighted by Gasteiger charge is -2.20. The van der Waals surface area contributed by atoms with Gasteiger partial charge in [-0.15, -0.1) is 0 Å². The molecular formula is C11H17N3O6. The third-order valence-corrected chi connectivity index (χ3v) is 3.20. The Bertz CT molecular complexity index is 533. The molecule has 0 bridgehead atoms. The number of hydrogen-bond donors (Lipinski definition) is 3. The highest BCUT2D eigenvalue weighted by Gasteiger charge is 2.45. The lowest BCUT2D eigenvalue weighted by molar-refractivity contribution is -0.0626. The van der Waals surface area contributed by atoms with Crippen molar-refractivity contribution in [3.05, 3.63) is 16.7 Å². The van der Waals surface area contributed by atoms with Gasteiger partial charge in [0.15, 0.2) is 17.8 Å². The molecule has 1 fully saturated rings. The third kappa shape index (κ3) is 2.36. The summed E-state index contributed by atoms with van der Waals surface area (Å²) < 4.78 is 16.7. The number of rotatable bonds is 4. The van der Waals surface area contributed by atoms with Gasteiger partial charge < -0.3 is 30.2 Å². The molecule has 1 saturated heterocycles. The molecule has 0 radical (unpaired) electrons. The zero-order valence-electron chi connectivity index (χ0n) is 11.1. The third-order valence-electron chi connectivity index (χ3n) is 3.20. The minimum atomic E-state index is -1.06. The summed E-state index contributed by atoms with van der Waals surface area (Å²) in [5.74, 6) is 0.157. The average molecular weight is 287 g/mol. The van der Waals surface area contributed by atoms with Crippen molar-refractivity contribution in [3.8, 4) is 5.75 Å². The van der Waals surface area contributed by atoms with Crippen molar-refractivity contribution in [2.45, 2.75) is 24.5 Å². The van der Waals surface area contributed by atoms with Crippen molar-refractivity contribution in [3.63, 3.8) is 0 Å². The second kappa shape index (κ2) is 5.75. The molecule has 1 aromatic rings. The average Bonchev–Trinajstić information content (AvgIpc) is 2.75. The first-order valence-corrected chi connectivity index (χ1v) is 5.93. The van der Waals surface area contributed by atoms with Crippen molar-refractivity contribution in [1.29, 1.82) is 0 Å². The number of aliphatic hydroxyl groups excluding tert-OH is 2. The largest absolute Gasteiger partial charge is 0.491 e. The van der Waals surface area contributed by atoms with Crippen molar-refractivity contribution >= 4 is 5.82 Å². The van der Waals surface area contributed by atoms with Crippen molar-refractivity contribution in [2.75, 3.05) is 26.6 Å². The molecule has 4 atom stereocenters. The molecule has 20 heavy (non-hydrogen) atoms. The highest BCUT2D eigenvalue weighted by Crippen LogP contribution is 2.31. The Hall–Kier alpha value is -1.68. The van der Waals surface area contributed by atoms with Crippen LogP contribution in [-0.4, -0.2) is 58.9 Å². The van der Waals surface area contributed by atoms with Gasteiger partial charge in [0.2, 0.25) is 0 Å². The molecule has 1 aliphatic heterocycles. The molecule has 0 spiro atoms. The van der Waals surface area contributed by atoms with E-state index in [-0.39, 0.29) is 11.6 Å². The van der Waals surface area contributed by atoms with Gasteiger partial charge in [-0.05, 0) is 0 Å². The normalized spacial score (nSPS) is 29.6. The minimum absolute atomic E-state index is 0.0417. The van der Waals surface area contributed by atoms with Crippen molar-refractivity contribution in [1.82, 2.24) is 9.55 Å². The maximum atomic E-state index is 11.9. The molecular weight excluding hydrogens is 270 g/mol. The van der Waals surface area contributed by atoms with Crippen LogP contribution < -0.4 is 16.2 Å². The van der Waals surface area contributed by atoms with Crippen LogP contribution in [0.1, 0.15) is 6.23 Å². The van der Waals surface area contributed by atoms with Crippen LogP contribution >= 0.6 is 0 Å². The number of nitrogens with two attached hydrogens (primary N) is 1. The van der Waals surface area contributed by atoms with E-state index in [1.165, 1.54) is 20.4 Å². The predicted octanol–water partition coefficient (Wildman–Crippen LogP) is -1.90. The van der Waals surface area contributed by atoms with Crippen LogP contribution in [-0.2, 0) is 9.47 Å². The number of methoxy groups -OCH3 is 2. The fraction of sp³-hybridized carbons (Fsp3) is 0.636. The lowest BCUT2D eigenvalue weighted by Crippen LogP contribution is -2.37. The fourth-order valence-electron chi connectivity index (χ4n) is 2.15. The highest BCUT2D eigenvalue weighted by atomic mass is 16.6. The first kappa shape index (κ1) is 14.7. The molecule has 2 rings (SSSR count). The van der Waals surface area contributed by atoms with Crippen LogP contribution in [0.15, 0.2) is 11.0 Å². The van der Waals surface area contributed by atoms with Gasteiger partial charge in [0.05, 0.1) is 19.9 Å². The summed E-state index contributed by atoms with van der Waals surface area (Å²) in [5.41, 5.74) is 4.87. The maximum Gasteiger partial charge on any atom is 0.351 e. The number of nitrogen functional groups attached to an aromatic ring is 1. The SMILES string of the molecule is COc1cn([C@@H]2O[C@H](CO)C(O)[C@@H]2OC)c(=O)nc1N. The van der Waals surface area contributed by atoms with Gasteiger partial charge in [-0.3, -0.25) is 4.57 Å². The van der Waals surface area contributed by atoms with Crippen molar-refractivity contribution < 1.29 is 24.4 Å². The van der Waals surface area contributed by atoms with Gasteiger partial charge in [0, 0.05) is 7.11 Å². The minimum Gasteiger partial charge on any atom is -0.491 e. The zero-order valence-corrected chi connectivity index (χ0v) is 11.1. The summed E-state index contributed by atoms with van der Waals surface area (Å²) in [6, 6.07) is 0. The molecule has 0 amide bonds. The molecule has 4 N–H and O–H groups in total. The maximum absolute atomic E-state index is 11.9.